The van der Waals surface area contributed by atoms with Crippen LogP contribution in [0.1, 0.15) is 35.3 Å². The zero-order chi connectivity index (χ0) is 14.9. The van der Waals surface area contributed by atoms with E-state index >= 15 is 0 Å². The number of rotatable bonds is 5. The minimum atomic E-state index is 0.573. The zero-order valence-electron chi connectivity index (χ0n) is 12.3. The molecule has 0 amide bonds. The van der Waals surface area contributed by atoms with E-state index in [1.54, 1.807) is 23.1 Å². The molecule has 0 bridgehead atoms. The molecule has 4 nitrogen and oxygen atoms in total. The third-order valence-electron chi connectivity index (χ3n) is 3.57. The monoisotopic (exact) mass is 328 g/mol. The van der Waals surface area contributed by atoms with Gasteiger partial charge < -0.3 is 0 Å². The van der Waals surface area contributed by atoms with Crippen molar-refractivity contribution in [2.45, 2.75) is 36.6 Å². The lowest BCUT2D eigenvalue weighted by molar-refractivity contribution is 0.782. The van der Waals surface area contributed by atoms with Crippen molar-refractivity contribution in [3.63, 3.8) is 0 Å². The summed E-state index contributed by atoms with van der Waals surface area (Å²) in [7, 11) is 0. The highest BCUT2D eigenvalue weighted by Gasteiger charge is 2.30. The van der Waals surface area contributed by atoms with Crippen LogP contribution in [0.4, 0.5) is 0 Å². The maximum absolute atomic E-state index is 4.76. The van der Waals surface area contributed by atoms with Gasteiger partial charge in [0.15, 0.2) is 0 Å². The predicted molar refractivity (Wildman–Crippen MR) is 89.7 cm³/mol. The molecule has 0 unspecified atom stereocenters. The fourth-order valence-corrected chi connectivity index (χ4v) is 3.78. The molecule has 1 aromatic carbocycles. The van der Waals surface area contributed by atoms with Crippen LogP contribution in [0.5, 0.6) is 0 Å². The molecule has 0 radical (unpaired) electrons. The van der Waals surface area contributed by atoms with Crippen LogP contribution in [0.15, 0.2) is 40.9 Å². The lowest BCUT2D eigenvalue weighted by atomic mass is 10.3. The fraction of sp³-hybridized carbons (Fsp3) is 0.312. The molecular weight excluding hydrogens is 312 g/mol. The van der Waals surface area contributed by atoms with E-state index in [0.29, 0.717) is 5.92 Å². The summed E-state index contributed by atoms with van der Waals surface area (Å²) in [5.41, 5.74) is 2.20. The number of benzene rings is 1. The Morgan fingerprint density at radius 3 is 2.73 bits per heavy atom. The molecule has 0 saturated heterocycles. The smallest absolute Gasteiger partial charge is 0.209 e. The Bertz CT molecular complexity index is 775. The molecule has 1 aliphatic rings. The van der Waals surface area contributed by atoms with E-state index in [4.69, 9.17) is 10.1 Å². The maximum Gasteiger partial charge on any atom is 0.209 e. The van der Waals surface area contributed by atoms with Crippen molar-refractivity contribution < 1.29 is 0 Å². The fourth-order valence-electron chi connectivity index (χ4n) is 2.34. The topological polar surface area (TPSA) is 43.6 Å². The number of aromatic nitrogens is 4. The minimum Gasteiger partial charge on any atom is -0.246 e. The standard InChI is InChI=1S/C16H16N4S2/c1-11-17-13(9-21-11)10-22-16-18-15(12-7-8-12)20(19-16)14-5-3-2-4-6-14/h2-6,9,12H,7-8,10H2,1H3. The SMILES string of the molecule is Cc1nc(CSc2nc(C3CC3)n(-c3ccccc3)n2)cs1. The van der Waals surface area contributed by atoms with Gasteiger partial charge in [-0.3, -0.25) is 0 Å². The lowest BCUT2D eigenvalue weighted by Crippen LogP contribution is -2.01. The quantitative estimate of drug-likeness (QED) is 0.658. The number of nitrogens with zero attached hydrogens (tertiary/aromatic N) is 4. The van der Waals surface area contributed by atoms with Crippen LogP contribution in [0.2, 0.25) is 0 Å². The van der Waals surface area contributed by atoms with Gasteiger partial charge in [0.05, 0.1) is 16.4 Å². The first-order valence-corrected chi connectivity index (χ1v) is 9.22. The van der Waals surface area contributed by atoms with Crippen molar-refractivity contribution in [1.82, 2.24) is 19.7 Å². The molecule has 4 rings (SSSR count). The first kappa shape index (κ1) is 14.0. The second kappa shape index (κ2) is 5.85. The van der Waals surface area contributed by atoms with E-state index in [-0.39, 0.29) is 0 Å². The van der Waals surface area contributed by atoms with Gasteiger partial charge in [0.25, 0.3) is 0 Å². The second-order valence-corrected chi connectivity index (χ2v) is 7.43. The third kappa shape index (κ3) is 2.94. The number of hydrogen-bond acceptors (Lipinski definition) is 5. The summed E-state index contributed by atoms with van der Waals surface area (Å²) in [4.78, 5) is 9.26. The van der Waals surface area contributed by atoms with Gasteiger partial charge in [-0.25, -0.2) is 14.6 Å². The van der Waals surface area contributed by atoms with Crippen LogP contribution < -0.4 is 0 Å². The minimum absolute atomic E-state index is 0.573. The van der Waals surface area contributed by atoms with Crippen LogP contribution in [0.3, 0.4) is 0 Å². The van der Waals surface area contributed by atoms with Crippen LogP contribution in [0.25, 0.3) is 5.69 Å². The Hall–Kier alpha value is -1.66. The van der Waals surface area contributed by atoms with Gasteiger partial charge >= 0.3 is 0 Å². The highest BCUT2D eigenvalue weighted by atomic mass is 32.2. The maximum atomic E-state index is 4.76. The van der Waals surface area contributed by atoms with E-state index in [1.807, 2.05) is 29.8 Å². The van der Waals surface area contributed by atoms with Crippen LogP contribution in [-0.4, -0.2) is 19.7 Å². The highest BCUT2D eigenvalue weighted by Crippen LogP contribution is 2.40. The molecule has 0 spiro atoms. The third-order valence-corrected chi connectivity index (χ3v) is 5.27. The average molecular weight is 328 g/mol. The van der Waals surface area contributed by atoms with E-state index in [9.17, 15) is 0 Å². The van der Waals surface area contributed by atoms with Crippen molar-refractivity contribution in [3.05, 3.63) is 52.2 Å². The van der Waals surface area contributed by atoms with Crippen LogP contribution in [0, 0.1) is 6.92 Å². The summed E-state index contributed by atoms with van der Waals surface area (Å²) in [6.45, 7) is 2.03. The number of aryl methyl sites for hydroxylation is 1. The zero-order valence-corrected chi connectivity index (χ0v) is 13.9. The largest absolute Gasteiger partial charge is 0.246 e. The predicted octanol–water partition coefficient (Wildman–Crippen LogP) is 4.20. The van der Waals surface area contributed by atoms with Crippen molar-refractivity contribution in [3.8, 4) is 5.69 Å². The summed E-state index contributed by atoms with van der Waals surface area (Å²) in [5, 5.41) is 8.77. The molecule has 112 valence electrons. The van der Waals surface area contributed by atoms with E-state index in [2.05, 4.69) is 22.5 Å². The van der Waals surface area contributed by atoms with Gasteiger partial charge in [0.1, 0.15) is 5.82 Å². The first-order valence-electron chi connectivity index (χ1n) is 7.36. The highest BCUT2D eigenvalue weighted by molar-refractivity contribution is 7.98. The normalized spacial score (nSPS) is 14.4. The van der Waals surface area contributed by atoms with Gasteiger partial charge in [-0.05, 0) is 31.9 Å². The molecule has 22 heavy (non-hydrogen) atoms. The molecule has 0 atom stereocenters. The molecule has 0 aliphatic heterocycles. The van der Waals surface area contributed by atoms with E-state index < -0.39 is 0 Å². The van der Waals surface area contributed by atoms with Crippen molar-refractivity contribution in [2.75, 3.05) is 0 Å². The van der Waals surface area contributed by atoms with Gasteiger partial charge in [-0.1, -0.05) is 30.0 Å². The Balaban J connectivity index is 1.58. The number of hydrogen-bond donors (Lipinski definition) is 0. The Morgan fingerprint density at radius 2 is 2.05 bits per heavy atom. The van der Waals surface area contributed by atoms with Crippen LogP contribution >= 0.6 is 23.1 Å². The van der Waals surface area contributed by atoms with Gasteiger partial charge in [0, 0.05) is 17.1 Å². The number of thioether (sulfide) groups is 1. The van der Waals surface area contributed by atoms with Crippen molar-refractivity contribution in [2.24, 2.45) is 0 Å². The van der Waals surface area contributed by atoms with Gasteiger partial charge in [-0.15, -0.1) is 16.4 Å². The molecular formula is C16H16N4S2. The van der Waals surface area contributed by atoms with Crippen molar-refractivity contribution >= 4 is 23.1 Å². The Morgan fingerprint density at radius 1 is 1.23 bits per heavy atom. The summed E-state index contributed by atoms with van der Waals surface area (Å²) < 4.78 is 2.01. The van der Waals surface area contributed by atoms with Crippen LogP contribution in [-0.2, 0) is 5.75 Å². The van der Waals surface area contributed by atoms with Gasteiger partial charge in [-0.2, -0.15) is 0 Å². The molecule has 0 N–H and O–H groups in total. The lowest BCUT2D eigenvalue weighted by Gasteiger charge is -2.03. The van der Waals surface area contributed by atoms with Crippen molar-refractivity contribution in [1.29, 1.82) is 0 Å². The number of para-hydroxylation sites is 1. The Labute approximate surface area is 137 Å². The summed E-state index contributed by atoms with van der Waals surface area (Å²) >= 11 is 3.35. The summed E-state index contributed by atoms with van der Waals surface area (Å²) in [6, 6.07) is 10.3. The number of thiazole rings is 1. The summed E-state index contributed by atoms with van der Waals surface area (Å²) in [6.07, 6.45) is 2.45. The first-order chi connectivity index (χ1) is 10.8. The average Bonchev–Trinajstić information content (AvgIpc) is 3.17. The molecule has 3 aromatic rings. The second-order valence-electron chi connectivity index (χ2n) is 5.42. The Kier molecular flexibility index (Phi) is 3.72. The summed E-state index contributed by atoms with van der Waals surface area (Å²) in [5.74, 6) is 2.50. The molecule has 1 aliphatic carbocycles. The van der Waals surface area contributed by atoms with E-state index in [1.165, 1.54) is 12.8 Å². The molecule has 1 saturated carbocycles. The van der Waals surface area contributed by atoms with Gasteiger partial charge in [0.2, 0.25) is 5.16 Å². The molecule has 1 fully saturated rings. The van der Waals surface area contributed by atoms with E-state index in [0.717, 1.165) is 33.1 Å². The molecule has 6 heteroatoms. The molecule has 2 aromatic heterocycles. The molecule has 2 heterocycles.